The number of likely N-dealkylation sites (tertiary alicyclic amines) is 2. The van der Waals surface area contributed by atoms with Crippen LogP contribution in [0.2, 0.25) is 0 Å². The number of ether oxygens (including phenoxy) is 1. The van der Waals surface area contributed by atoms with Gasteiger partial charge in [0, 0.05) is 50.1 Å². The van der Waals surface area contributed by atoms with Crippen molar-refractivity contribution in [3.05, 3.63) is 22.1 Å². The molecule has 0 saturated carbocycles. The van der Waals surface area contributed by atoms with Crippen molar-refractivity contribution in [1.82, 2.24) is 45.6 Å². The zero-order valence-corrected chi connectivity index (χ0v) is 46.0. The van der Waals surface area contributed by atoms with Crippen molar-refractivity contribution < 1.29 is 72.8 Å². The minimum Gasteiger partial charge on any atom is -0.481 e. The third-order valence-electron chi connectivity index (χ3n) is 12.4. The predicted octanol–water partition coefficient (Wildman–Crippen LogP) is -0.822. The number of carbonyl (C=O) groups is 9. The molecule has 5 rings (SSSR count). The number of carboxylic acid groups (broad SMARTS) is 3. The third-order valence-corrected chi connectivity index (χ3v) is 16.1. The van der Waals surface area contributed by atoms with Gasteiger partial charge in [-0.15, -0.1) is 0 Å². The number of rotatable bonds is 28. The molecule has 0 aromatic carbocycles. The summed E-state index contributed by atoms with van der Waals surface area (Å²) in [5.74, 6) is -2.24. The SMILES string of the molecule is NCCCCC(NC(=O)C1CCCN1C(=O)CCSSCCC(=O)NCC#Cc1cn(C2CC(O)C(COP(P)P)O2)c2nc(N)[nH]c(=O)c12)C(=O)N1CCCC1C(=O)NC(CC(=O)O)C(=O)NC(CC(=O)O)C(=O)O. The van der Waals surface area contributed by atoms with Crippen LogP contribution in [0.15, 0.2) is 11.0 Å². The molecule has 0 bridgehead atoms. The Bertz CT molecular complexity index is 2580. The highest BCUT2D eigenvalue weighted by molar-refractivity contribution is 8.76. The number of carbonyl (C=O) groups excluding carboxylic acids is 6. The van der Waals surface area contributed by atoms with Crippen LogP contribution in [-0.4, -0.2) is 185 Å². The molecule has 27 nitrogen and oxygen atoms in total. The van der Waals surface area contributed by atoms with Crippen LogP contribution in [0.1, 0.15) is 88.8 Å². The number of amides is 6. The molecule has 2 aromatic rings. The van der Waals surface area contributed by atoms with Crippen molar-refractivity contribution in [2.75, 3.05) is 50.0 Å². The van der Waals surface area contributed by atoms with Crippen LogP contribution in [0.3, 0.4) is 0 Å². The molecule has 13 N–H and O–H groups in total. The average molecular weight is 1160 g/mol. The van der Waals surface area contributed by atoms with Gasteiger partial charge >= 0.3 is 17.9 Å². The van der Waals surface area contributed by atoms with Gasteiger partial charge < -0.3 is 76.8 Å². The minimum atomic E-state index is -1.92. The molecule has 3 saturated heterocycles. The number of nitrogens with two attached hydrogens (primary N) is 2. The number of H-pyrrole nitrogens is 1. The van der Waals surface area contributed by atoms with Crippen molar-refractivity contribution >= 4 is 117 Å². The second-order valence-electron chi connectivity index (χ2n) is 17.8. The second-order valence-corrected chi connectivity index (χ2v) is 26.4. The summed E-state index contributed by atoms with van der Waals surface area (Å²) in [5.41, 5.74) is 11.6. The lowest BCUT2D eigenvalue weighted by Crippen LogP contribution is -2.58. The number of aromatic amines is 1. The topological polar surface area (TPSA) is 410 Å². The second kappa shape index (κ2) is 30.1. The Kier molecular flexibility index (Phi) is 24.4. The van der Waals surface area contributed by atoms with Crippen molar-refractivity contribution in [2.45, 2.75) is 126 Å². The highest BCUT2D eigenvalue weighted by Crippen LogP contribution is 2.54. The van der Waals surface area contributed by atoms with Crippen LogP contribution in [0, 0.1) is 11.8 Å². The summed E-state index contributed by atoms with van der Waals surface area (Å²) in [7, 11) is 7.00. The summed E-state index contributed by atoms with van der Waals surface area (Å²) in [4.78, 5) is 137. The van der Waals surface area contributed by atoms with Crippen molar-refractivity contribution in [3.63, 3.8) is 0 Å². The summed E-state index contributed by atoms with van der Waals surface area (Å²) >= 11 is 0. The molecule has 5 heterocycles. The Morgan fingerprint density at radius 2 is 1.54 bits per heavy atom. The first-order valence-electron chi connectivity index (χ1n) is 24.2. The number of fused-ring (bicyclic) bond motifs is 1. The van der Waals surface area contributed by atoms with E-state index in [1.807, 2.05) is 5.32 Å². The predicted molar refractivity (Wildman–Crippen MR) is 286 cm³/mol. The Balaban J connectivity index is 1.08. The molecule has 418 valence electrons. The Hall–Kier alpha value is -5.16. The maximum Gasteiger partial charge on any atom is 0.326 e. The highest BCUT2D eigenvalue weighted by Gasteiger charge is 2.42. The van der Waals surface area contributed by atoms with Crippen molar-refractivity contribution in [3.8, 4) is 11.8 Å². The monoisotopic (exact) mass is 1160 g/mol. The Morgan fingerprint density at radius 1 is 0.908 bits per heavy atom. The maximum atomic E-state index is 14.1. The third kappa shape index (κ3) is 18.0. The number of aliphatic hydroxyl groups excluding tert-OH is 1. The number of anilines is 1. The van der Waals surface area contributed by atoms with Gasteiger partial charge in [-0.3, -0.25) is 48.1 Å². The van der Waals surface area contributed by atoms with E-state index in [1.54, 1.807) is 10.8 Å². The van der Waals surface area contributed by atoms with Gasteiger partial charge in [-0.1, -0.05) is 51.3 Å². The normalized spacial score (nSPS) is 20.4. The molecule has 0 aliphatic carbocycles. The van der Waals surface area contributed by atoms with Crippen LogP contribution in [0.5, 0.6) is 0 Å². The molecule has 2 aromatic heterocycles. The fourth-order valence-corrected chi connectivity index (χ4v) is 11.5. The lowest BCUT2D eigenvalue weighted by molar-refractivity contribution is -0.148. The molecular weight excluding hydrogens is 1100 g/mol. The fourth-order valence-electron chi connectivity index (χ4n) is 8.74. The quantitative estimate of drug-likeness (QED) is 0.0215. The van der Waals surface area contributed by atoms with Crippen molar-refractivity contribution in [1.29, 1.82) is 0 Å². The van der Waals surface area contributed by atoms with E-state index in [2.05, 4.69) is 55.6 Å². The van der Waals surface area contributed by atoms with Crippen molar-refractivity contribution in [2.24, 2.45) is 5.73 Å². The number of aromatic nitrogens is 3. The van der Waals surface area contributed by atoms with Gasteiger partial charge in [0.2, 0.25) is 41.4 Å². The highest BCUT2D eigenvalue weighted by atomic mass is 33.1. The van der Waals surface area contributed by atoms with Gasteiger partial charge in [-0.05, 0) is 51.5 Å². The molecule has 0 spiro atoms. The molecule has 0 radical (unpaired) electrons. The van der Waals surface area contributed by atoms with Gasteiger partial charge in [-0.2, -0.15) is 4.98 Å². The zero-order valence-electron chi connectivity index (χ0n) is 41.2. The van der Waals surface area contributed by atoms with E-state index in [9.17, 15) is 63.3 Å². The summed E-state index contributed by atoms with van der Waals surface area (Å²) in [6.45, 7) is 0.825. The number of hydrogen-bond donors (Lipinski definition) is 11. The number of aliphatic carboxylic acids is 3. The molecule has 76 heavy (non-hydrogen) atoms. The molecule has 6 amide bonds. The number of aliphatic hydroxyl groups is 1. The molecule has 10 unspecified atom stereocenters. The van der Waals surface area contributed by atoms with Gasteiger partial charge in [0.25, 0.3) is 5.56 Å². The molecular formula is C44H64N11O16P3S2. The summed E-state index contributed by atoms with van der Waals surface area (Å²) in [5, 5.41) is 48.4. The van der Waals surface area contributed by atoms with Crippen LogP contribution in [0.4, 0.5) is 5.95 Å². The fraction of sp³-hybridized carbons (Fsp3) is 0.614. The van der Waals surface area contributed by atoms with E-state index in [1.165, 1.54) is 31.4 Å². The molecule has 3 fully saturated rings. The van der Waals surface area contributed by atoms with Crippen LogP contribution < -0.4 is 38.3 Å². The summed E-state index contributed by atoms with van der Waals surface area (Å²) in [6, 6.07) is -6.96. The van der Waals surface area contributed by atoms with Gasteiger partial charge in [0.15, 0.2) is 5.65 Å². The van der Waals surface area contributed by atoms with Gasteiger partial charge in [0.1, 0.15) is 42.5 Å². The number of nitrogens with one attached hydrogen (secondary N) is 5. The molecule has 10 atom stereocenters. The van der Waals surface area contributed by atoms with Gasteiger partial charge in [-0.25, -0.2) is 4.79 Å². The standard InChI is InChI=1S/C44H64N11O16P3S2/c45-12-2-1-7-24(42(67)54-15-5-9-28(54)40(65)49-25(18-34(59)60)38(63)50-26(43(68)69)19-35(61)62)48-39(64)27-8-4-14-53(27)32(58)11-17-76-75-16-10-31(57)47-13-3-6-23-21-55(37-36(23)41(66)52-44(46)51-37)33-20-29(56)30(71-33)22-70-74(72)73/h21,24-30,33,56H,1-2,4-5,7-20,22,45,72-73H2,(H,47,57)(H,48,64)(H,49,65)(H,50,63)(H,59,60)(H,61,62)(H,68,69)(H3,46,51,52,66). The first-order chi connectivity index (χ1) is 36.2. The number of carboxylic acids is 3. The van der Waals surface area contributed by atoms with Crippen LogP contribution in [0.25, 0.3) is 11.0 Å². The maximum absolute atomic E-state index is 14.1. The number of unbranched alkanes of at least 4 members (excludes halogenated alkanes) is 1. The lowest BCUT2D eigenvalue weighted by Gasteiger charge is -2.31. The van der Waals surface area contributed by atoms with E-state index in [-0.39, 0.29) is 80.6 Å². The summed E-state index contributed by atoms with van der Waals surface area (Å²) < 4.78 is 13.3. The number of nitrogen functional groups attached to an aromatic ring is 1. The largest absolute Gasteiger partial charge is 0.481 e. The number of nitrogens with zero attached hydrogens (tertiary/aromatic N) is 4. The lowest BCUT2D eigenvalue weighted by atomic mass is 10.1. The first kappa shape index (κ1) is 61.7. The Morgan fingerprint density at radius 3 is 2.18 bits per heavy atom. The smallest absolute Gasteiger partial charge is 0.326 e. The van der Waals surface area contributed by atoms with Crippen LogP contribution >= 0.6 is 47.0 Å². The van der Waals surface area contributed by atoms with E-state index in [4.69, 9.17) is 25.8 Å². The van der Waals surface area contributed by atoms with Crippen LogP contribution in [-0.2, 0) is 52.4 Å². The van der Waals surface area contributed by atoms with Gasteiger partial charge in [0.05, 0.1) is 50.6 Å². The average Bonchev–Trinajstić information content (AvgIpc) is 4.19. The van der Waals surface area contributed by atoms with E-state index in [0.29, 0.717) is 62.3 Å². The van der Waals surface area contributed by atoms with E-state index < -0.39 is 116 Å². The molecule has 3 aliphatic rings. The van der Waals surface area contributed by atoms with E-state index in [0.717, 1.165) is 0 Å². The summed E-state index contributed by atoms with van der Waals surface area (Å²) in [6.07, 6.45) is 0.312. The zero-order chi connectivity index (χ0) is 55.6. The number of hydrogen-bond acceptors (Lipinski definition) is 18. The molecule has 32 heteroatoms. The Labute approximate surface area is 449 Å². The molecule has 3 aliphatic heterocycles. The first-order valence-corrected chi connectivity index (χ1v) is 31.2. The minimum absolute atomic E-state index is 0.0246. The van der Waals surface area contributed by atoms with E-state index >= 15 is 0 Å².